The minimum atomic E-state index is -0.310. The van der Waals surface area contributed by atoms with Crippen LogP contribution in [0.1, 0.15) is 26.3 Å². The first-order valence-electron chi connectivity index (χ1n) is 7.28. The molecule has 0 spiro atoms. The van der Waals surface area contributed by atoms with Crippen molar-refractivity contribution in [3.8, 4) is 11.6 Å². The van der Waals surface area contributed by atoms with Crippen molar-refractivity contribution in [3.63, 3.8) is 0 Å². The van der Waals surface area contributed by atoms with Crippen LogP contribution in [0, 0.1) is 5.82 Å². The summed E-state index contributed by atoms with van der Waals surface area (Å²) >= 11 is 0. The molecule has 0 unspecified atom stereocenters. The molecule has 0 aliphatic heterocycles. The molecule has 0 saturated carbocycles. The lowest BCUT2D eigenvalue weighted by Crippen LogP contribution is -2.44. The van der Waals surface area contributed by atoms with Gasteiger partial charge in [0.25, 0.3) is 0 Å². The molecule has 1 aromatic carbocycles. The van der Waals surface area contributed by atoms with Gasteiger partial charge >= 0.3 is 0 Å². The molecule has 5 nitrogen and oxygen atoms in total. The summed E-state index contributed by atoms with van der Waals surface area (Å²) in [6, 6.07) is 9.38. The van der Waals surface area contributed by atoms with E-state index >= 15 is 0 Å². The Morgan fingerprint density at radius 2 is 1.92 bits per heavy atom. The lowest BCUT2D eigenvalue weighted by atomic mass is 10.1. The fourth-order valence-electron chi connectivity index (χ4n) is 1.83. The maximum atomic E-state index is 12.9. The molecular formula is C17H22FIN4O. The van der Waals surface area contributed by atoms with Crippen LogP contribution < -0.4 is 15.8 Å². The largest absolute Gasteiger partial charge is 0.439 e. The molecule has 0 atom stereocenters. The van der Waals surface area contributed by atoms with Gasteiger partial charge in [-0.2, -0.15) is 0 Å². The second-order valence-corrected chi connectivity index (χ2v) is 6.13. The van der Waals surface area contributed by atoms with Crippen LogP contribution in [0.3, 0.4) is 0 Å². The SMILES string of the molecule is CC(C)(C)NC(N)=NCc1ccnc(Oc2ccc(F)cc2)c1.I. The zero-order chi connectivity index (χ0) is 16.9. The summed E-state index contributed by atoms with van der Waals surface area (Å²) in [5.41, 5.74) is 6.62. The molecule has 1 heterocycles. The van der Waals surface area contributed by atoms with E-state index < -0.39 is 0 Å². The van der Waals surface area contributed by atoms with Gasteiger partial charge in [0, 0.05) is 17.8 Å². The number of nitrogens with one attached hydrogen (secondary N) is 1. The number of ether oxygens (including phenoxy) is 1. The number of nitrogens with two attached hydrogens (primary N) is 1. The van der Waals surface area contributed by atoms with Crippen LogP contribution in [0.4, 0.5) is 4.39 Å². The van der Waals surface area contributed by atoms with Gasteiger partial charge in [0.2, 0.25) is 5.88 Å². The van der Waals surface area contributed by atoms with Crippen molar-refractivity contribution in [2.24, 2.45) is 10.7 Å². The fourth-order valence-corrected chi connectivity index (χ4v) is 1.83. The smallest absolute Gasteiger partial charge is 0.219 e. The number of hydrogen-bond acceptors (Lipinski definition) is 3. The molecule has 7 heteroatoms. The van der Waals surface area contributed by atoms with Crippen molar-refractivity contribution in [3.05, 3.63) is 54.0 Å². The minimum Gasteiger partial charge on any atom is -0.439 e. The highest BCUT2D eigenvalue weighted by atomic mass is 127. The molecule has 0 amide bonds. The molecule has 0 bridgehead atoms. The van der Waals surface area contributed by atoms with Gasteiger partial charge < -0.3 is 15.8 Å². The van der Waals surface area contributed by atoms with Gasteiger partial charge in [0.05, 0.1) is 6.54 Å². The van der Waals surface area contributed by atoms with Crippen LogP contribution in [0.2, 0.25) is 0 Å². The predicted octanol–water partition coefficient (Wildman–Crippen LogP) is 3.83. The maximum Gasteiger partial charge on any atom is 0.219 e. The third kappa shape index (κ3) is 7.12. The highest BCUT2D eigenvalue weighted by Crippen LogP contribution is 2.20. The van der Waals surface area contributed by atoms with Crippen molar-refractivity contribution < 1.29 is 9.13 Å². The zero-order valence-electron chi connectivity index (χ0n) is 13.9. The van der Waals surface area contributed by atoms with Crippen molar-refractivity contribution in [2.75, 3.05) is 0 Å². The predicted molar refractivity (Wildman–Crippen MR) is 104 cm³/mol. The number of guanidine groups is 1. The quantitative estimate of drug-likeness (QED) is 0.427. The van der Waals surface area contributed by atoms with E-state index in [4.69, 9.17) is 10.5 Å². The van der Waals surface area contributed by atoms with Crippen molar-refractivity contribution in [1.29, 1.82) is 0 Å². The summed E-state index contributed by atoms with van der Waals surface area (Å²) in [6.07, 6.45) is 1.64. The van der Waals surface area contributed by atoms with Gasteiger partial charge in [-0.25, -0.2) is 14.4 Å². The van der Waals surface area contributed by atoms with E-state index in [0.717, 1.165) is 5.56 Å². The average molecular weight is 444 g/mol. The first kappa shape index (κ1) is 20.1. The summed E-state index contributed by atoms with van der Waals surface area (Å²) in [6.45, 7) is 6.45. The normalized spacial score (nSPS) is 11.6. The van der Waals surface area contributed by atoms with E-state index in [0.29, 0.717) is 24.1 Å². The van der Waals surface area contributed by atoms with E-state index in [9.17, 15) is 4.39 Å². The Balaban J connectivity index is 0.00000288. The molecular weight excluding hydrogens is 422 g/mol. The monoisotopic (exact) mass is 444 g/mol. The molecule has 130 valence electrons. The molecule has 0 aliphatic rings. The van der Waals surface area contributed by atoms with Crippen LogP contribution in [-0.4, -0.2) is 16.5 Å². The molecule has 0 saturated heterocycles. The van der Waals surface area contributed by atoms with Gasteiger partial charge in [0.15, 0.2) is 5.96 Å². The number of pyridine rings is 1. The van der Waals surface area contributed by atoms with Crippen LogP contribution in [0.15, 0.2) is 47.6 Å². The molecule has 0 aliphatic carbocycles. The minimum absolute atomic E-state index is 0. The number of benzene rings is 1. The highest BCUT2D eigenvalue weighted by molar-refractivity contribution is 14.0. The van der Waals surface area contributed by atoms with Crippen LogP contribution in [0.25, 0.3) is 0 Å². The van der Waals surface area contributed by atoms with Gasteiger partial charge in [-0.3, -0.25) is 0 Å². The second kappa shape index (κ2) is 8.81. The second-order valence-electron chi connectivity index (χ2n) is 6.13. The number of hydrogen-bond donors (Lipinski definition) is 2. The molecule has 24 heavy (non-hydrogen) atoms. The van der Waals surface area contributed by atoms with E-state index in [2.05, 4.69) is 15.3 Å². The number of aliphatic imine (C=N–C) groups is 1. The summed E-state index contributed by atoms with van der Waals surface area (Å²) in [5, 5.41) is 3.09. The third-order valence-corrected chi connectivity index (χ3v) is 2.77. The van der Waals surface area contributed by atoms with Gasteiger partial charge in [-0.1, -0.05) is 0 Å². The van der Waals surface area contributed by atoms with E-state index in [1.54, 1.807) is 24.4 Å². The van der Waals surface area contributed by atoms with Gasteiger partial charge in [-0.05, 0) is 56.7 Å². The molecule has 0 fully saturated rings. The lowest BCUT2D eigenvalue weighted by Gasteiger charge is -2.20. The summed E-state index contributed by atoms with van der Waals surface area (Å²) < 4.78 is 18.5. The average Bonchev–Trinajstić information content (AvgIpc) is 2.46. The number of halogens is 2. The van der Waals surface area contributed by atoms with Crippen molar-refractivity contribution >= 4 is 29.9 Å². The Kier molecular flexibility index (Phi) is 7.40. The Morgan fingerprint density at radius 3 is 2.54 bits per heavy atom. The number of nitrogens with zero attached hydrogens (tertiary/aromatic N) is 2. The molecule has 1 aromatic heterocycles. The Hall–Kier alpha value is -1.90. The van der Waals surface area contributed by atoms with Gasteiger partial charge in [-0.15, -0.1) is 24.0 Å². The summed E-state index contributed by atoms with van der Waals surface area (Å²) in [4.78, 5) is 8.42. The first-order valence-corrected chi connectivity index (χ1v) is 7.28. The Bertz CT molecular complexity index is 684. The topological polar surface area (TPSA) is 72.5 Å². The Labute approximate surface area is 158 Å². The highest BCUT2D eigenvalue weighted by Gasteiger charge is 2.09. The molecule has 2 aromatic rings. The van der Waals surface area contributed by atoms with Crippen molar-refractivity contribution in [2.45, 2.75) is 32.9 Å². The Morgan fingerprint density at radius 1 is 1.25 bits per heavy atom. The van der Waals surface area contributed by atoms with Crippen LogP contribution >= 0.6 is 24.0 Å². The zero-order valence-corrected chi connectivity index (χ0v) is 16.2. The van der Waals surface area contributed by atoms with Crippen LogP contribution in [0.5, 0.6) is 11.6 Å². The van der Waals surface area contributed by atoms with E-state index in [1.807, 2.05) is 26.8 Å². The van der Waals surface area contributed by atoms with Crippen LogP contribution in [-0.2, 0) is 6.54 Å². The summed E-state index contributed by atoms with van der Waals surface area (Å²) in [7, 11) is 0. The third-order valence-electron chi connectivity index (χ3n) is 2.77. The van der Waals surface area contributed by atoms with E-state index in [1.165, 1.54) is 12.1 Å². The van der Waals surface area contributed by atoms with Crippen molar-refractivity contribution in [1.82, 2.24) is 10.3 Å². The lowest BCUT2D eigenvalue weighted by molar-refractivity contribution is 0.460. The summed E-state index contributed by atoms with van der Waals surface area (Å²) in [5.74, 6) is 1.02. The molecule has 0 radical (unpaired) electrons. The number of rotatable bonds is 4. The molecule has 2 rings (SSSR count). The maximum absolute atomic E-state index is 12.9. The number of aromatic nitrogens is 1. The first-order chi connectivity index (χ1) is 10.8. The molecule has 3 N–H and O–H groups in total. The van der Waals surface area contributed by atoms with Gasteiger partial charge in [0.1, 0.15) is 11.6 Å². The van der Waals surface area contributed by atoms with E-state index in [-0.39, 0.29) is 35.3 Å². The fraction of sp³-hybridized carbons (Fsp3) is 0.294. The standard InChI is InChI=1S/C17H21FN4O.HI/c1-17(2,3)22-16(19)21-11-12-8-9-20-15(10-12)23-14-6-4-13(18)5-7-14;/h4-10H,11H2,1-3H3,(H3,19,21,22);1H.